The van der Waals surface area contributed by atoms with Gasteiger partial charge in [0, 0.05) is 46.6 Å². The summed E-state index contributed by atoms with van der Waals surface area (Å²) in [6, 6.07) is 0. The summed E-state index contributed by atoms with van der Waals surface area (Å²) in [4.78, 5) is 40.0. The highest BCUT2D eigenvalue weighted by molar-refractivity contribution is 5.84. The summed E-state index contributed by atoms with van der Waals surface area (Å²) >= 11 is 0. The zero-order valence-electron chi connectivity index (χ0n) is 12.7. The molecule has 0 spiro atoms. The fourth-order valence-electron chi connectivity index (χ4n) is 2.23. The molecule has 20 heavy (non-hydrogen) atoms. The molecule has 0 bridgehead atoms. The van der Waals surface area contributed by atoms with Gasteiger partial charge in [0.05, 0.1) is 6.54 Å². The second-order valence-electron chi connectivity index (χ2n) is 5.18. The first kappa shape index (κ1) is 16.5. The molecule has 1 aliphatic rings. The average molecular weight is 283 g/mol. The van der Waals surface area contributed by atoms with Crippen molar-refractivity contribution < 1.29 is 14.4 Å². The van der Waals surface area contributed by atoms with Gasteiger partial charge in [-0.05, 0) is 6.42 Å². The molecule has 1 heterocycles. The third-order valence-electron chi connectivity index (χ3n) is 3.63. The van der Waals surface area contributed by atoms with E-state index >= 15 is 0 Å². The van der Waals surface area contributed by atoms with E-state index in [9.17, 15) is 14.4 Å². The maximum atomic E-state index is 12.2. The Balaban J connectivity index is 2.45. The Bertz CT molecular complexity index is 363. The van der Waals surface area contributed by atoms with Gasteiger partial charge in [-0.2, -0.15) is 0 Å². The number of piperazine rings is 1. The first-order valence-corrected chi connectivity index (χ1v) is 7.24. The Morgan fingerprint density at radius 1 is 1.00 bits per heavy atom. The molecule has 114 valence electrons. The van der Waals surface area contributed by atoms with Crippen LogP contribution in [0.3, 0.4) is 0 Å². The number of hydrogen-bond donors (Lipinski definition) is 0. The summed E-state index contributed by atoms with van der Waals surface area (Å²) in [5.41, 5.74) is 0. The highest BCUT2D eigenvalue weighted by atomic mass is 16.2. The molecule has 3 amide bonds. The van der Waals surface area contributed by atoms with E-state index in [2.05, 4.69) is 6.92 Å². The van der Waals surface area contributed by atoms with Crippen LogP contribution in [0.4, 0.5) is 0 Å². The standard InChI is InChI=1S/C14H25N3O3/c1-4-5-6-17(13(3)19)11-14(20)16-9-7-15(8-10-16)12(2)18/h4-11H2,1-3H3. The molecular weight excluding hydrogens is 258 g/mol. The summed E-state index contributed by atoms with van der Waals surface area (Å²) in [5.74, 6) is -0.0425. The molecule has 1 rings (SSSR count). The SMILES string of the molecule is CCCCN(CC(=O)N1CCN(C(C)=O)CC1)C(C)=O. The van der Waals surface area contributed by atoms with Gasteiger partial charge in [-0.25, -0.2) is 0 Å². The minimum absolute atomic E-state index is 0.0282. The summed E-state index contributed by atoms with van der Waals surface area (Å²) in [6.07, 6.45) is 1.90. The van der Waals surface area contributed by atoms with Crippen LogP contribution in [0.2, 0.25) is 0 Å². The quantitative estimate of drug-likeness (QED) is 0.730. The van der Waals surface area contributed by atoms with E-state index < -0.39 is 0 Å². The number of nitrogens with zero attached hydrogens (tertiary/aromatic N) is 3. The van der Waals surface area contributed by atoms with E-state index in [1.807, 2.05) is 0 Å². The van der Waals surface area contributed by atoms with Crippen molar-refractivity contribution in [3.05, 3.63) is 0 Å². The summed E-state index contributed by atoms with van der Waals surface area (Å²) < 4.78 is 0. The van der Waals surface area contributed by atoms with E-state index in [1.54, 1.807) is 21.6 Å². The molecule has 0 saturated carbocycles. The lowest BCUT2D eigenvalue weighted by Gasteiger charge is -2.35. The van der Waals surface area contributed by atoms with Crippen LogP contribution < -0.4 is 0 Å². The van der Waals surface area contributed by atoms with Crippen molar-refractivity contribution in [2.75, 3.05) is 39.3 Å². The Hall–Kier alpha value is -1.59. The topological polar surface area (TPSA) is 60.9 Å². The van der Waals surface area contributed by atoms with Crippen molar-refractivity contribution in [2.45, 2.75) is 33.6 Å². The van der Waals surface area contributed by atoms with Crippen molar-refractivity contribution in [2.24, 2.45) is 0 Å². The molecular formula is C14H25N3O3. The van der Waals surface area contributed by atoms with Gasteiger partial charge in [-0.15, -0.1) is 0 Å². The summed E-state index contributed by atoms with van der Waals surface area (Å²) in [5, 5.41) is 0. The molecule has 0 aromatic carbocycles. The van der Waals surface area contributed by atoms with E-state index in [1.165, 1.54) is 6.92 Å². The second-order valence-corrected chi connectivity index (χ2v) is 5.18. The first-order chi connectivity index (χ1) is 9.45. The Kier molecular flexibility index (Phi) is 6.48. The second kappa shape index (κ2) is 7.87. The van der Waals surface area contributed by atoms with Gasteiger partial charge in [-0.1, -0.05) is 13.3 Å². The first-order valence-electron chi connectivity index (χ1n) is 7.24. The molecule has 6 nitrogen and oxygen atoms in total. The van der Waals surface area contributed by atoms with Gasteiger partial charge in [0.1, 0.15) is 0 Å². The van der Waals surface area contributed by atoms with Crippen LogP contribution >= 0.6 is 0 Å². The molecule has 1 saturated heterocycles. The van der Waals surface area contributed by atoms with Gasteiger partial charge in [0.25, 0.3) is 0 Å². The van der Waals surface area contributed by atoms with E-state index in [0.717, 1.165) is 12.8 Å². The minimum Gasteiger partial charge on any atom is -0.339 e. The molecule has 0 aliphatic carbocycles. The number of unbranched alkanes of at least 4 members (excludes halogenated alkanes) is 1. The van der Waals surface area contributed by atoms with E-state index in [4.69, 9.17) is 0 Å². The number of rotatable bonds is 5. The molecule has 0 aromatic rings. The average Bonchev–Trinajstić information content (AvgIpc) is 2.42. The molecule has 6 heteroatoms. The Morgan fingerprint density at radius 2 is 1.55 bits per heavy atom. The maximum Gasteiger partial charge on any atom is 0.242 e. The van der Waals surface area contributed by atoms with E-state index in [-0.39, 0.29) is 24.3 Å². The number of carbonyl (C=O) groups is 3. The summed E-state index contributed by atoms with van der Waals surface area (Å²) in [7, 11) is 0. The van der Waals surface area contributed by atoms with Crippen molar-refractivity contribution in [3.8, 4) is 0 Å². The number of carbonyl (C=O) groups excluding carboxylic acids is 3. The molecule has 1 fully saturated rings. The lowest BCUT2D eigenvalue weighted by Crippen LogP contribution is -2.52. The number of amides is 3. The lowest BCUT2D eigenvalue weighted by atomic mass is 10.2. The largest absolute Gasteiger partial charge is 0.339 e. The van der Waals surface area contributed by atoms with Crippen LogP contribution in [0.15, 0.2) is 0 Å². The lowest BCUT2D eigenvalue weighted by molar-refractivity contribution is -0.142. The molecule has 0 atom stereocenters. The van der Waals surface area contributed by atoms with Crippen LogP contribution in [0.5, 0.6) is 0 Å². The fraction of sp³-hybridized carbons (Fsp3) is 0.786. The van der Waals surface area contributed by atoms with Crippen LogP contribution in [0.1, 0.15) is 33.6 Å². The van der Waals surface area contributed by atoms with E-state index in [0.29, 0.717) is 32.7 Å². The summed E-state index contributed by atoms with van der Waals surface area (Å²) in [6.45, 7) is 8.14. The van der Waals surface area contributed by atoms with Gasteiger partial charge in [0.15, 0.2) is 0 Å². The van der Waals surface area contributed by atoms with Gasteiger partial charge in [0.2, 0.25) is 17.7 Å². The third-order valence-corrected chi connectivity index (χ3v) is 3.63. The molecule has 0 N–H and O–H groups in total. The molecule has 0 unspecified atom stereocenters. The van der Waals surface area contributed by atoms with Crippen molar-refractivity contribution >= 4 is 17.7 Å². The van der Waals surface area contributed by atoms with Gasteiger partial charge >= 0.3 is 0 Å². The Morgan fingerprint density at radius 3 is 2.00 bits per heavy atom. The van der Waals surface area contributed by atoms with Gasteiger partial charge in [-0.3, -0.25) is 14.4 Å². The predicted molar refractivity (Wildman–Crippen MR) is 76.0 cm³/mol. The zero-order chi connectivity index (χ0) is 15.1. The highest BCUT2D eigenvalue weighted by Crippen LogP contribution is 2.04. The molecule has 1 aliphatic heterocycles. The molecule has 0 aromatic heterocycles. The van der Waals surface area contributed by atoms with Crippen molar-refractivity contribution in [3.63, 3.8) is 0 Å². The highest BCUT2D eigenvalue weighted by Gasteiger charge is 2.24. The van der Waals surface area contributed by atoms with Crippen molar-refractivity contribution in [1.29, 1.82) is 0 Å². The molecule has 0 radical (unpaired) electrons. The Labute approximate surface area is 120 Å². The monoisotopic (exact) mass is 283 g/mol. The maximum absolute atomic E-state index is 12.2. The zero-order valence-corrected chi connectivity index (χ0v) is 12.7. The minimum atomic E-state index is -0.0610. The number of hydrogen-bond acceptors (Lipinski definition) is 3. The fourth-order valence-corrected chi connectivity index (χ4v) is 2.23. The van der Waals surface area contributed by atoms with Crippen LogP contribution in [0, 0.1) is 0 Å². The van der Waals surface area contributed by atoms with Crippen molar-refractivity contribution in [1.82, 2.24) is 14.7 Å². The van der Waals surface area contributed by atoms with Crippen LogP contribution in [-0.2, 0) is 14.4 Å². The van der Waals surface area contributed by atoms with Gasteiger partial charge < -0.3 is 14.7 Å². The normalized spacial score (nSPS) is 15.2. The van der Waals surface area contributed by atoms with Crippen LogP contribution in [-0.4, -0.2) is 71.7 Å². The van der Waals surface area contributed by atoms with Crippen LogP contribution in [0.25, 0.3) is 0 Å². The predicted octanol–water partition coefficient (Wildman–Crippen LogP) is 0.326. The third kappa shape index (κ3) is 4.83. The smallest absolute Gasteiger partial charge is 0.242 e.